The molecule has 3 aliphatic heterocycles. The molecular formula is C39H46N6O9. The lowest BCUT2D eigenvalue weighted by Crippen LogP contribution is -2.61. The van der Waals surface area contributed by atoms with Gasteiger partial charge in [0.25, 0.3) is 0 Å². The molecule has 54 heavy (non-hydrogen) atoms. The van der Waals surface area contributed by atoms with Crippen molar-refractivity contribution in [3.05, 3.63) is 83.4 Å². The van der Waals surface area contributed by atoms with Crippen molar-refractivity contribution >= 4 is 35.4 Å². The van der Waals surface area contributed by atoms with Crippen molar-refractivity contribution < 1.29 is 43.0 Å². The van der Waals surface area contributed by atoms with E-state index < -0.39 is 71.7 Å². The van der Waals surface area contributed by atoms with Crippen LogP contribution in [0.3, 0.4) is 0 Å². The molecule has 5 N–H and O–H groups in total. The highest BCUT2D eigenvalue weighted by Crippen LogP contribution is 2.33. The maximum atomic E-state index is 14.1. The highest BCUT2D eigenvalue weighted by molar-refractivity contribution is 5.98. The predicted molar refractivity (Wildman–Crippen MR) is 197 cm³/mol. The average molecular weight is 743 g/mol. The first-order valence-corrected chi connectivity index (χ1v) is 17.6. The van der Waals surface area contributed by atoms with Gasteiger partial charge < -0.3 is 45.7 Å². The van der Waals surface area contributed by atoms with Gasteiger partial charge in [-0.2, -0.15) is 0 Å². The van der Waals surface area contributed by atoms with Crippen molar-refractivity contribution in [3.63, 3.8) is 0 Å². The van der Waals surface area contributed by atoms with E-state index in [1.54, 1.807) is 66.7 Å². The van der Waals surface area contributed by atoms with Crippen molar-refractivity contribution in [1.82, 2.24) is 31.5 Å². The van der Waals surface area contributed by atoms with E-state index in [-0.39, 0.29) is 19.3 Å². The summed E-state index contributed by atoms with van der Waals surface area (Å²) in [5, 5.41) is 13.5. The molecule has 0 aromatic heterocycles. The number of nitrogens with zero attached hydrogens (tertiary/aromatic N) is 1. The van der Waals surface area contributed by atoms with Gasteiger partial charge in [0.2, 0.25) is 35.4 Å². The van der Waals surface area contributed by atoms with Crippen LogP contribution < -0.4 is 40.8 Å². The zero-order valence-corrected chi connectivity index (χ0v) is 31.1. The smallest absolute Gasteiger partial charge is 0.245 e. The molecule has 3 aromatic rings. The number of methoxy groups -OCH3 is 2. The lowest BCUT2D eigenvalue weighted by atomic mass is 10.0. The zero-order valence-electron chi connectivity index (χ0n) is 31.1. The summed E-state index contributed by atoms with van der Waals surface area (Å²) in [6.45, 7) is 4.38. The van der Waals surface area contributed by atoms with E-state index in [1.165, 1.54) is 46.9 Å². The number of hydrogen-bond acceptors (Lipinski definition) is 9. The number of carbonyl (C=O) groups excluding carboxylic acids is 6. The summed E-state index contributed by atoms with van der Waals surface area (Å²) < 4.78 is 16.8. The van der Waals surface area contributed by atoms with Crippen LogP contribution in [0.15, 0.2) is 66.7 Å². The molecule has 3 aromatic carbocycles. The fourth-order valence-electron chi connectivity index (χ4n) is 6.21. The van der Waals surface area contributed by atoms with E-state index >= 15 is 0 Å². The highest BCUT2D eigenvalue weighted by Gasteiger charge is 2.35. The summed E-state index contributed by atoms with van der Waals surface area (Å²) in [4.78, 5) is 83.8. The fourth-order valence-corrected chi connectivity index (χ4v) is 6.21. The molecule has 1 saturated heterocycles. The molecule has 0 unspecified atom stereocenters. The van der Waals surface area contributed by atoms with E-state index in [9.17, 15) is 28.8 Å². The number of hydrogen-bond donors (Lipinski definition) is 5. The summed E-state index contributed by atoms with van der Waals surface area (Å²) in [5.41, 5.74) is 1.97. The van der Waals surface area contributed by atoms with Gasteiger partial charge in [-0.3, -0.25) is 28.8 Å². The number of likely N-dealkylation sites (N-methyl/N-ethyl adjacent to an activating group) is 1. The van der Waals surface area contributed by atoms with Gasteiger partial charge in [0.15, 0.2) is 11.5 Å². The number of rotatable bonds is 4. The molecular weight excluding hydrogens is 696 g/mol. The zero-order chi connectivity index (χ0) is 39.1. The van der Waals surface area contributed by atoms with Crippen molar-refractivity contribution in [2.24, 2.45) is 0 Å². The Kier molecular flexibility index (Phi) is 12.4. The van der Waals surface area contributed by atoms with Crippen molar-refractivity contribution in [3.8, 4) is 23.0 Å². The molecule has 6 bridgehead atoms. The third kappa shape index (κ3) is 9.45. The summed E-state index contributed by atoms with van der Waals surface area (Å²) in [6.07, 6.45) is 0.0725. The first-order valence-electron chi connectivity index (χ1n) is 17.6. The Morgan fingerprint density at radius 1 is 0.630 bits per heavy atom. The molecule has 0 saturated carbocycles. The Labute approximate surface area is 313 Å². The molecule has 0 spiro atoms. The first-order chi connectivity index (χ1) is 25.8. The van der Waals surface area contributed by atoms with Gasteiger partial charge in [0, 0.05) is 26.3 Å². The maximum absolute atomic E-state index is 14.1. The first kappa shape index (κ1) is 39.1. The minimum atomic E-state index is -1.21. The Morgan fingerprint density at radius 3 is 1.80 bits per heavy atom. The molecule has 6 amide bonds. The van der Waals surface area contributed by atoms with Gasteiger partial charge in [0.1, 0.15) is 47.8 Å². The second-order valence-electron chi connectivity index (χ2n) is 13.5. The van der Waals surface area contributed by atoms with Crippen LogP contribution in [0.25, 0.3) is 0 Å². The summed E-state index contributed by atoms with van der Waals surface area (Å²) in [6, 6.07) is 12.1. The minimum Gasteiger partial charge on any atom is -0.497 e. The van der Waals surface area contributed by atoms with Gasteiger partial charge >= 0.3 is 0 Å². The Balaban J connectivity index is 1.52. The summed E-state index contributed by atoms with van der Waals surface area (Å²) in [7, 11) is 4.47. The maximum Gasteiger partial charge on any atom is 0.245 e. The third-order valence-electron chi connectivity index (χ3n) is 9.46. The number of nitrogens with one attached hydrogen (secondary N) is 5. The monoisotopic (exact) mass is 742 g/mol. The topological polar surface area (TPSA) is 194 Å². The van der Waals surface area contributed by atoms with Gasteiger partial charge in [-0.05, 0) is 73.9 Å². The van der Waals surface area contributed by atoms with E-state index in [2.05, 4.69) is 26.6 Å². The number of benzene rings is 3. The molecule has 1 fully saturated rings. The average Bonchev–Trinajstić information content (AvgIpc) is 3.15. The van der Waals surface area contributed by atoms with Crippen molar-refractivity contribution in [1.29, 1.82) is 0 Å². The Bertz CT molecular complexity index is 1880. The van der Waals surface area contributed by atoms with E-state index in [1.807, 2.05) is 0 Å². The van der Waals surface area contributed by atoms with Crippen molar-refractivity contribution in [2.75, 3.05) is 21.3 Å². The fraction of sp³-hybridized carbons (Fsp3) is 0.385. The quantitative estimate of drug-likeness (QED) is 0.261. The number of ether oxygens (including phenoxy) is 3. The number of fused-ring (bicyclic) bond motifs is 2. The van der Waals surface area contributed by atoms with E-state index in [0.717, 1.165) is 0 Å². The van der Waals surface area contributed by atoms with Crippen LogP contribution in [0.4, 0.5) is 0 Å². The Hall–Kier alpha value is -6.12. The number of carbonyl (C=O) groups is 6. The molecule has 0 radical (unpaired) electrons. The number of amides is 6. The van der Waals surface area contributed by atoms with E-state index in [0.29, 0.717) is 39.7 Å². The lowest BCUT2D eigenvalue weighted by molar-refractivity contribution is -0.142. The molecule has 0 aliphatic carbocycles. The van der Waals surface area contributed by atoms with Crippen LogP contribution in [0.5, 0.6) is 23.0 Å². The largest absolute Gasteiger partial charge is 0.497 e. The molecule has 6 rings (SSSR count). The summed E-state index contributed by atoms with van der Waals surface area (Å²) >= 11 is 0. The van der Waals surface area contributed by atoms with Crippen LogP contribution >= 0.6 is 0 Å². The van der Waals surface area contributed by atoms with Gasteiger partial charge in [0.05, 0.1) is 14.2 Å². The predicted octanol–water partition coefficient (Wildman–Crippen LogP) is 1.16. The minimum absolute atomic E-state index is 0.0216. The van der Waals surface area contributed by atoms with Gasteiger partial charge in [-0.1, -0.05) is 30.3 Å². The van der Waals surface area contributed by atoms with Gasteiger partial charge in [-0.25, -0.2) is 0 Å². The standard InChI is InChI=1S/C39H46N6O9/c1-21-34(46)42-23(3)39(51)45(4)31(19-25-7-12-27(52-5)13-8-25)38(50)41-22(2)35(47)43-29-17-24-9-14-28(15-10-24)54-33-20-26(11-16-32(33)53-6)18-30(36(48)40-21)44-37(29)49/h7-16,20-23,29-31H,17-19H2,1-6H3,(H,40,48)(H,41,50)(H,42,46)(H,43,47)(H,44,49)/t21-,22+,23+,29+,30+,31+/m1/s1. The normalized spacial score (nSPS) is 24.4. The molecule has 286 valence electrons. The van der Waals surface area contributed by atoms with Crippen LogP contribution in [0.2, 0.25) is 0 Å². The molecule has 6 atom stereocenters. The van der Waals surface area contributed by atoms with E-state index in [4.69, 9.17) is 14.2 Å². The van der Waals surface area contributed by atoms with Crippen LogP contribution in [-0.2, 0) is 48.0 Å². The second kappa shape index (κ2) is 17.1. The molecule has 3 heterocycles. The van der Waals surface area contributed by atoms with Crippen LogP contribution in [0.1, 0.15) is 37.5 Å². The molecule has 3 aliphatic rings. The molecule has 15 nitrogen and oxygen atoms in total. The summed E-state index contributed by atoms with van der Waals surface area (Å²) in [5.74, 6) is -1.96. The third-order valence-corrected chi connectivity index (χ3v) is 9.46. The van der Waals surface area contributed by atoms with Crippen LogP contribution in [0, 0.1) is 0 Å². The molecule has 15 heteroatoms. The van der Waals surface area contributed by atoms with Crippen LogP contribution in [-0.4, -0.2) is 97.9 Å². The SMILES string of the molecule is COc1ccc(C[C@H]2C(=O)N[C@@H](C)C(=O)N[C@H]3Cc4ccc(cc4)Oc4cc(ccc4OC)C[C@H](NC3=O)C(=O)N[C@H](C)C(=O)N[C@@H](C)C(=O)N2C)cc1. The second-order valence-corrected chi connectivity index (χ2v) is 13.5. The van der Waals surface area contributed by atoms with Gasteiger partial charge in [-0.15, -0.1) is 0 Å². The Morgan fingerprint density at radius 2 is 1.17 bits per heavy atom. The van der Waals surface area contributed by atoms with Crippen molar-refractivity contribution in [2.45, 2.75) is 76.3 Å². The highest BCUT2D eigenvalue weighted by atomic mass is 16.5. The lowest BCUT2D eigenvalue weighted by Gasteiger charge is -2.32.